The van der Waals surface area contributed by atoms with E-state index < -0.39 is 21.6 Å². The number of aliphatic hydroxyl groups is 1. The lowest BCUT2D eigenvalue weighted by Gasteiger charge is -2.31. The predicted molar refractivity (Wildman–Crippen MR) is 130 cm³/mol. The van der Waals surface area contributed by atoms with Crippen molar-refractivity contribution in [2.45, 2.75) is 38.6 Å². The number of pyridine rings is 2. The standard InChI is InChI=1S/C24H24N4O8S/c1-2-24(31)16-6-18-21-14(9-28(18)22(29)15(16)10-34-23(24)30)13(8-26-3-4-37(25,32)33)12-5-19-20(36-11-35-19)7-17(12)27-21/h5-7,26,31H,2-4,8-11H2,1H3,(H2,25,32,33)/t24-/m0/s1. The maximum atomic E-state index is 13.5. The van der Waals surface area contributed by atoms with E-state index in [-0.39, 0.29) is 61.9 Å². The number of nitrogens with zero attached hydrogens (tertiary/aromatic N) is 2. The Bertz CT molecular complexity index is 1670. The van der Waals surface area contributed by atoms with Gasteiger partial charge >= 0.3 is 5.97 Å². The highest BCUT2D eigenvalue weighted by atomic mass is 32.2. The molecule has 1 atom stereocenters. The summed E-state index contributed by atoms with van der Waals surface area (Å²) >= 11 is 0. The van der Waals surface area contributed by atoms with Crippen molar-refractivity contribution >= 4 is 26.9 Å². The summed E-state index contributed by atoms with van der Waals surface area (Å²) in [5.41, 5.74) is 1.36. The minimum absolute atomic E-state index is 0.0441. The van der Waals surface area contributed by atoms with Crippen molar-refractivity contribution in [1.29, 1.82) is 0 Å². The van der Waals surface area contributed by atoms with Crippen molar-refractivity contribution in [1.82, 2.24) is 14.9 Å². The number of esters is 1. The van der Waals surface area contributed by atoms with Crippen LogP contribution >= 0.6 is 0 Å². The van der Waals surface area contributed by atoms with Crippen LogP contribution in [0, 0.1) is 0 Å². The first kappa shape index (κ1) is 23.9. The van der Waals surface area contributed by atoms with Crippen LogP contribution in [0.2, 0.25) is 0 Å². The fourth-order valence-corrected chi connectivity index (χ4v) is 5.61. The molecule has 3 aliphatic rings. The molecule has 12 nitrogen and oxygen atoms in total. The van der Waals surface area contributed by atoms with Crippen molar-refractivity contribution in [2.24, 2.45) is 5.14 Å². The van der Waals surface area contributed by atoms with E-state index in [9.17, 15) is 23.1 Å². The monoisotopic (exact) mass is 528 g/mol. The molecule has 3 aromatic rings. The smallest absolute Gasteiger partial charge is 0.343 e. The van der Waals surface area contributed by atoms with Gasteiger partial charge in [0, 0.05) is 35.7 Å². The molecule has 5 heterocycles. The Balaban J connectivity index is 1.53. The number of aromatic nitrogens is 2. The summed E-state index contributed by atoms with van der Waals surface area (Å²) in [6, 6.07) is 5.22. The van der Waals surface area contributed by atoms with E-state index >= 15 is 0 Å². The predicted octanol–water partition coefficient (Wildman–Crippen LogP) is 0.186. The highest BCUT2D eigenvalue weighted by Gasteiger charge is 2.45. The number of primary sulfonamides is 1. The van der Waals surface area contributed by atoms with E-state index in [2.05, 4.69) is 5.32 Å². The van der Waals surface area contributed by atoms with Gasteiger partial charge in [0.1, 0.15) is 6.61 Å². The summed E-state index contributed by atoms with van der Waals surface area (Å²) in [4.78, 5) is 30.8. The van der Waals surface area contributed by atoms with Crippen molar-refractivity contribution in [3.63, 3.8) is 0 Å². The molecule has 2 aromatic heterocycles. The summed E-state index contributed by atoms with van der Waals surface area (Å²) in [5, 5.41) is 20.1. The van der Waals surface area contributed by atoms with E-state index in [1.54, 1.807) is 23.6 Å². The Morgan fingerprint density at radius 3 is 2.65 bits per heavy atom. The molecule has 13 heteroatoms. The molecule has 0 fully saturated rings. The Hall–Kier alpha value is -3.52. The number of hydrogen-bond donors (Lipinski definition) is 3. The number of ether oxygens (including phenoxy) is 3. The number of nitrogens with two attached hydrogens (primary N) is 1. The van der Waals surface area contributed by atoms with Crippen LogP contribution in [0.3, 0.4) is 0 Å². The van der Waals surface area contributed by atoms with E-state index in [1.165, 1.54) is 0 Å². The third kappa shape index (κ3) is 3.69. The zero-order valence-electron chi connectivity index (χ0n) is 19.9. The molecule has 6 rings (SSSR count). The second kappa shape index (κ2) is 8.25. The van der Waals surface area contributed by atoms with Crippen LogP contribution in [0.15, 0.2) is 23.0 Å². The van der Waals surface area contributed by atoms with Gasteiger partial charge in [-0.2, -0.15) is 0 Å². The average molecular weight is 529 g/mol. The molecule has 1 aromatic carbocycles. The van der Waals surface area contributed by atoms with E-state index in [0.717, 1.165) is 16.5 Å². The molecular weight excluding hydrogens is 504 g/mol. The first-order valence-corrected chi connectivity index (χ1v) is 13.5. The van der Waals surface area contributed by atoms with Crippen LogP contribution < -0.4 is 25.5 Å². The molecule has 194 valence electrons. The van der Waals surface area contributed by atoms with Crippen LogP contribution in [-0.4, -0.2) is 48.1 Å². The maximum Gasteiger partial charge on any atom is 0.343 e. The number of sulfonamides is 1. The van der Waals surface area contributed by atoms with Gasteiger partial charge in [-0.05, 0) is 24.1 Å². The number of cyclic esters (lactones) is 1. The number of nitrogens with one attached hydrogen (secondary N) is 1. The molecule has 3 aliphatic heterocycles. The number of carbonyl (C=O) groups excluding carboxylic acids is 1. The van der Waals surface area contributed by atoms with Crippen LogP contribution in [0.1, 0.15) is 35.6 Å². The number of fused-ring (bicyclic) bond motifs is 6. The highest BCUT2D eigenvalue weighted by Crippen LogP contribution is 2.43. The van der Waals surface area contributed by atoms with Crippen molar-refractivity contribution < 1.29 is 32.5 Å². The fraction of sp³-hybridized carbons (Fsp3) is 0.375. The first-order chi connectivity index (χ1) is 17.6. The number of hydrogen-bond acceptors (Lipinski definition) is 10. The van der Waals surface area contributed by atoms with Gasteiger partial charge in [0.25, 0.3) is 5.56 Å². The van der Waals surface area contributed by atoms with Crippen LogP contribution in [0.4, 0.5) is 0 Å². The molecule has 0 aliphatic carbocycles. The lowest BCUT2D eigenvalue weighted by Crippen LogP contribution is -2.44. The van der Waals surface area contributed by atoms with Gasteiger partial charge in [-0.1, -0.05) is 6.92 Å². The van der Waals surface area contributed by atoms with Gasteiger partial charge < -0.3 is 29.2 Å². The molecule has 0 unspecified atom stereocenters. The summed E-state index contributed by atoms with van der Waals surface area (Å²) in [7, 11) is -3.64. The van der Waals surface area contributed by atoms with Gasteiger partial charge in [-0.15, -0.1) is 0 Å². The molecule has 37 heavy (non-hydrogen) atoms. The van der Waals surface area contributed by atoms with Crippen LogP contribution in [0.25, 0.3) is 22.3 Å². The lowest BCUT2D eigenvalue weighted by atomic mass is 9.86. The Morgan fingerprint density at radius 1 is 1.16 bits per heavy atom. The third-order valence-corrected chi connectivity index (χ3v) is 7.94. The van der Waals surface area contributed by atoms with E-state index in [0.29, 0.717) is 28.4 Å². The summed E-state index contributed by atoms with van der Waals surface area (Å²) in [6.45, 7) is 2.13. The van der Waals surface area contributed by atoms with Gasteiger partial charge in [0.15, 0.2) is 17.1 Å². The van der Waals surface area contributed by atoms with Crippen LogP contribution in [-0.2, 0) is 44.9 Å². The molecule has 0 saturated carbocycles. The van der Waals surface area contributed by atoms with Gasteiger partial charge in [0.05, 0.1) is 34.8 Å². The molecule has 0 saturated heterocycles. The maximum absolute atomic E-state index is 13.5. The molecule has 0 spiro atoms. The zero-order valence-corrected chi connectivity index (χ0v) is 20.7. The molecule has 0 radical (unpaired) electrons. The number of rotatable bonds is 6. The quantitative estimate of drug-likeness (QED) is 0.232. The highest BCUT2D eigenvalue weighted by molar-refractivity contribution is 7.89. The molecular formula is C24H24N4O8S. The van der Waals surface area contributed by atoms with E-state index in [4.69, 9.17) is 24.3 Å². The lowest BCUT2D eigenvalue weighted by molar-refractivity contribution is -0.172. The Morgan fingerprint density at radius 2 is 1.92 bits per heavy atom. The minimum atomic E-state index is -3.64. The second-order valence-electron chi connectivity index (χ2n) is 9.29. The summed E-state index contributed by atoms with van der Waals surface area (Å²) < 4.78 is 40.5. The SMILES string of the molecule is CC[C@@]1(O)C(=O)OCc2c1cc1n(c2=O)Cc2c-1nc1cc3c(cc1c2CNCCS(N)(=O)=O)OCO3. The first-order valence-electron chi connectivity index (χ1n) is 11.7. The normalized spacial score (nSPS) is 19.5. The third-order valence-electron chi connectivity index (χ3n) is 7.17. The topological polar surface area (TPSA) is 172 Å². The van der Waals surface area contributed by atoms with E-state index in [1.807, 2.05) is 6.07 Å². The molecule has 4 N–H and O–H groups in total. The molecule has 0 bridgehead atoms. The van der Waals surface area contributed by atoms with Gasteiger partial charge in [-0.25, -0.2) is 23.3 Å². The zero-order chi connectivity index (χ0) is 26.1. The van der Waals surface area contributed by atoms with Crippen molar-refractivity contribution in [2.75, 3.05) is 19.1 Å². The molecule has 0 amide bonds. The average Bonchev–Trinajstić information content (AvgIpc) is 3.46. The Labute approximate surface area is 211 Å². The van der Waals surface area contributed by atoms with Crippen LogP contribution in [0.5, 0.6) is 11.5 Å². The minimum Gasteiger partial charge on any atom is -0.458 e. The Kier molecular flexibility index (Phi) is 5.32. The number of benzene rings is 1. The summed E-state index contributed by atoms with van der Waals surface area (Å²) in [5.74, 6) is 0.0773. The number of carbonyl (C=O) groups is 1. The largest absolute Gasteiger partial charge is 0.458 e. The van der Waals surface area contributed by atoms with Crippen molar-refractivity contribution in [3.8, 4) is 22.9 Å². The van der Waals surface area contributed by atoms with Crippen molar-refractivity contribution in [3.05, 3.63) is 50.8 Å². The second-order valence-corrected chi connectivity index (χ2v) is 11.0. The van der Waals surface area contributed by atoms with Gasteiger partial charge in [-0.3, -0.25) is 4.79 Å². The fourth-order valence-electron chi connectivity index (χ4n) is 5.18. The summed E-state index contributed by atoms with van der Waals surface area (Å²) in [6.07, 6.45) is 0.0441. The van der Waals surface area contributed by atoms with Gasteiger partial charge in [0.2, 0.25) is 16.8 Å².